The number of hydrogen-bond donors (Lipinski definition) is 0. The molecule has 1 aromatic rings. The molecule has 2 heterocycles. The molecule has 0 aromatic heterocycles. The zero-order valence-corrected chi connectivity index (χ0v) is 11.0. The van der Waals surface area contributed by atoms with Crippen LogP contribution in [0.5, 0.6) is 0 Å². The van der Waals surface area contributed by atoms with Crippen LogP contribution < -0.4 is 0 Å². The van der Waals surface area contributed by atoms with Crippen molar-refractivity contribution in [1.29, 1.82) is 0 Å². The molecule has 1 amide bonds. The number of fused-ring (bicyclic) bond motifs is 1. The van der Waals surface area contributed by atoms with Crippen LogP contribution in [-0.2, 0) is 9.59 Å². The van der Waals surface area contributed by atoms with E-state index in [0.29, 0.717) is 6.42 Å². The Hall–Kier alpha value is -1.64. The number of amides is 1. The molecule has 0 radical (unpaired) electrons. The van der Waals surface area contributed by atoms with Crippen molar-refractivity contribution in [1.82, 2.24) is 4.90 Å². The van der Waals surface area contributed by atoms with Gasteiger partial charge in [-0.15, -0.1) is 0 Å². The zero-order chi connectivity index (χ0) is 13.2. The van der Waals surface area contributed by atoms with Crippen LogP contribution >= 0.6 is 0 Å². The van der Waals surface area contributed by atoms with Crippen molar-refractivity contribution in [2.75, 3.05) is 0 Å². The van der Waals surface area contributed by atoms with Crippen molar-refractivity contribution >= 4 is 12.2 Å². The Bertz CT molecular complexity index is 471. The lowest BCUT2D eigenvalue weighted by atomic mass is 9.79. The van der Waals surface area contributed by atoms with Crippen molar-refractivity contribution in [2.45, 2.75) is 44.2 Å². The molecule has 0 bridgehead atoms. The molecule has 3 nitrogen and oxygen atoms in total. The Morgan fingerprint density at radius 1 is 1.11 bits per heavy atom. The highest BCUT2D eigenvalue weighted by molar-refractivity contribution is 5.79. The van der Waals surface area contributed by atoms with Gasteiger partial charge in [-0.3, -0.25) is 4.79 Å². The Morgan fingerprint density at radius 2 is 1.89 bits per heavy atom. The standard InChI is InChI=1S/C16H19NO2/c18-11-13-9-10-15(12-5-2-1-3-6-12)17-14(13)7-4-8-16(17)19/h1-3,5-6,11,13-15H,4,7-10H2. The fourth-order valence-electron chi connectivity index (χ4n) is 3.58. The van der Waals surface area contributed by atoms with Gasteiger partial charge < -0.3 is 9.69 Å². The molecule has 2 fully saturated rings. The van der Waals surface area contributed by atoms with E-state index in [1.807, 2.05) is 23.1 Å². The molecule has 3 unspecified atom stereocenters. The van der Waals surface area contributed by atoms with Gasteiger partial charge in [0.15, 0.2) is 0 Å². The topological polar surface area (TPSA) is 37.4 Å². The van der Waals surface area contributed by atoms with Gasteiger partial charge in [0, 0.05) is 18.4 Å². The summed E-state index contributed by atoms with van der Waals surface area (Å²) in [4.78, 5) is 25.5. The number of carbonyl (C=O) groups is 2. The van der Waals surface area contributed by atoms with E-state index in [-0.39, 0.29) is 23.9 Å². The number of hydrogen-bond acceptors (Lipinski definition) is 2. The third-order valence-corrected chi connectivity index (χ3v) is 4.50. The van der Waals surface area contributed by atoms with E-state index in [2.05, 4.69) is 12.1 Å². The van der Waals surface area contributed by atoms with Crippen LogP contribution in [0.3, 0.4) is 0 Å². The van der Waals surface area contributed by atoms with Crippen molar-refractivity contribution in [3.05, 3.63) is 35.9 Å². The Morgan fingerprint density at radius 3 is 2.63 bits per heavy atom. The van der Waals surface area contributed by atoms with Gasteiger partial charge >= 0.3 is 0 Å². The molecule has 0 N–H and O–H groups in total. The van der Waals surface area contributed by atoms with Crippen LogP contribution in [0, 0.1) is 5.92 Å². The van der Waals surface area contributed by atoms with Crippen LogP contribution in [0.4, 0.5) is 0 Å². The molecule has 0 spiro atoms. The summed E-state index contributed by atoms with van der Waals surface area (Å²) in [6, 6.07) is 10.5. The van der Waals surface area contributed by atoms with E-state index >= 15 is 0 Å². The minimum Gasteiger partial charge on any atom is -0.332 e. The largest absolute Gasteiger partial charge is 0.332 e. The number of piperidine rings is 2. The van der Waals surface area contributed by atoms with Crippen molar-refractivity contribution in [3.8, 4) is 0 Å². The minimum absolute atomic E-state index is 0.0317. The number of carbonyl (C=O) groups excluding carboxylic acids is 2. The minimum atomic E-state index is 0.0317. The molecule has 0 aliphatic carbocycles. The van der Waals surface area contributed by atoms with E-state index in [1.54, 1.807) is 0 Å². The molecule has 3 heteroatoms. The van der Waals surface area contributed by atoms with E-state index < -0.39 is 0 Å². The second-order valence-corrected chi connectivity index (χ2v) is 5.56. The maximum atomic E-state index is 12.3. The zero-order valence-electron chi connectivity index (χ0n) is 11.0. The molecule has 3 atom stereocenters. The molecule has 1 aromatic carbocycles. The van der Waals surface area contributed by atoms with E-state index in [0.717, 1.165) is 32.0 Å². The molecular formula is C16H19NO2. The monoisotopic (exact) mass is 257 g/mol. The quantitative estimate of drug-likeness (QED) is 0.764. The van der Waals surface area contributed by atoms with Crippen LogP contribution in [0.1, 0.15) is 43.7 Å². The van der Waals surface area contributed by atoms with Gasteiger partial charge in [0.1, 0.15) is 6.29 Å². The lowest BCUT2D eigenvalue weighted by Gasteiger charge is -2.47. The van der Waals surface area contributed by atoms with Gasteiger partial charge in [-0.25, -0.2) is 0 Å². The van der Waals surface area contributed by atoms with Gasteiger partial charge in [-0.05, 0) is 31.2 Å². The third kappa shape index (κ3) is 2.18. The predicted molar refractivity (Wildman–Crippen MR) is 72.5 cm³/mol. The van der Waals surface area contributed by atoms with Gasteiger partial charge in [0.05, 0.1) is 6.04 Å². The summed E-state index contributed by atoms with van der Waals surface area (Å²) in [5.41, 5.74) is 1.20. The first-order chi connectivity index (χ1) is 9.31. The smallest absolute Gasteiger partial charge is 0.223 e. The fraction of sp³-hybridized carbons (Fsp3) is 0.500. The maximum Gasteiger partial charge on any atom is 0.223 e. The molecule has 3 rings (SSSR count). The van der Waals surface area contributed by atoms with Gasteiger partial charge in [0.25, 0.3) is 0 Å². The van der Waals surface area contributed by atoms with Gasteiger partial charge in [0.2, 0.25) is 5.91 Å². The summed E-state index contributed by atoms with van der Waals surface area (Å²) >= 11 is 0. The SMILES string of the molecule is O=CC1CCC(c2ccccc2)N2C(=O)CCCC12. The molecule has 0 saturated carbocycles. The average molecular weight is 257 g/mol. The Balaban J connectivity index is 1.93. The summed E-state index contributed by atoms with van der Waals surface area (Å²) < 4.78 is 0. The summed E-state index contributed by atoms with van der Waals surface area (Å²) in [6.45, 7) is 0. The summed E-state index contributed by atoms with van der Waals surface area (Å²) in [5, 5.41) is 0. The van der Waals surface area contributed by atoms with Crippen LogP contribution in [-0.4, -0.2) is 23.1 Å². The van der Waals surface area contributed by atoms with Crippen LogP contribution in [0.15, 0.2) is 30.3 Å². The Kier molecular flexibility index (Phi) is 3.36. The second-order valence-electron chi connectivity index (χ2n) is 5.56. The molecule has 19 heavy (non-hydrogen) atoms. The number of aldehydes is 1. The molecule has 100 valence electrons. The van der Waals surface area contributed by atoms with Gasteiger partial charge in [-0.1, -0.05) is 30.3 Å². The van der Waals surface area contributed by atoms with E-state index in [9.17, 15) is 9.59 Å². The van der Waals surface area contributed by atoms with Gasteiger partial charge in [-0.2, -0.15) is 0 Å². The first-order valence-electron chi connectivity index (χ1n) is 7.12. The lowest BCUT2D eigenvalue weighted by molar-refractivity contribution is -0.145. The van der Waals surface area contributed by atoms with Crippen LogP contribution in [0.2, 0.25) is 0 Å². The molecule has 2 aliphatic heterocycles. The number of nitrogens with zero attached hydrogens (tertiary/aromatic N) is 1. The molecular weight excluding hydrogens is 238 g/mol. The maximum absolute atomic E-state index is 12.3. The average Bonchev–Trinajstić information content (AvgIpc) is 2.47. The van der Waals surface area contributed by atoms with Crippen molar-refractivity contribution in [2.24, 2.45) is 5.92 Å². The Labute approximate surface area is 113 Å². The fourth-order valence-corrected chi connectivity index (χ4v) is 3.58. The summed E-state index contributed by atoms with van der Waals surface area (Å²) in [5.74, 6) is 0.251. The predicted octanol–water partition coefficient (Wildman–Crippen LogP) is 2.72. The second kappa shape index (κ2) is 5.16. The molecule has 2 aliphatic rings. The van der Waals surface area contributed by atoms with E-state index in [1.165, 1.54) is 5.56 Å². The van der Waals surface area contributed by atoms with E-state index in [4.69, 9.17) is 0 Å². The highest BCUT2D eigenvalue weighted by Gasteiger charge is 2.42. The normalized spacial score (nSPS) is 30.8. The highest BCUT2D eigenvalue weighted by Crippen LogP contribution is 2.41. The molecule has 2 saturated heterocycles. The van der Waals surface area contributed by atoms with Crippen molar-refractivity contribution in [3.63, 3.8) is 0 Å². The number of benzene rings is 1. The lowest BCUT2D eigenvalue weighted by Crippen LogP contribution is -2.52. The third-order valence-electron chi connectivity index (χ3n) is 4.50. The summed E-state index contributed by atoms with van der Waals surface area (Å²) in [6.07, 6.45) is 5.38. The highest BCUT2D eigenvalue weighted by atomic mass is 16.2. The van der Waals surface area contributed by atoms with Crippen molar-refractivity contribution < 1.29 is 9.59 Å². The summed E-state index contributed by atoms with van der Waals surface area (Å²) in [7, 11) is 0. The number of rotatable bonds is 2. The first kappa shape index (κ1) is 12.4. The first-order valence-corrected chi connectivity index (χ1v) is 7.12. The van der Waals surface area contributed by atoms with Crippen LogP contribution in [0.25, 0.3) is 0 Å².